The zero-order valence-corrected chi connectivity index (χ0v) is 7.34. The van der Waals surface area contributed by atoms with Crippen molar-refractivity contribution in [2.75, 3.05) is 13.7 Å². The van der Waals surface area contributed by atoms with E-state index in [0.717, 1.165) is 7.11 Å². The summed E-state index contributed by atoms with van der Waals surface area (Å²) in [6.07, 6.45) is 0.423. The van der Waals surface area contributed by atoms with Crippen molar-refractivity contribution in [3.8, 4) is 0 Å². The van der Waals surface area contributed by atoms with E-state index in [-0.39, 0.29) is 13.0 Å². The molecule has 0 aromatic heterocycles. The summed E-state index contributed by atoms with van der Waals surface area (Å²) in [6, 6.07) is 0. The third-order valence-corrected chi connectivity index (χ3v) is 1.18. The summed E-state index contributed by atoms with van der Waals surface area (Å²) in [5.41, 5.74) is 0. The molecule has 0 aliphatic heterocycles. The number of ether oxygens (including phenoxy) is 2. The van der Waals surface area contributed by atoms with Crippen LogP contribution in [0, 0.1) is 0 Å². The van der Waals surface area contributed by atoms with Crippen LogP contribution in [0.1, 0.15) is 12.8 Å². The Morgan fingerprint density at radius 3 is 2.46 bits per heavy atom. The molecule has 0 spiro atoms. The summed E-state index contributed by atoms with van der Waals surface area (Å²) in [5.74, 6) is -2.60. The van der Waals surface area contributed by atoms with E-state index in [1.54, 1.807) is 0 Å². The number of methoxy groups -OCH3 is 1. The van der Waals surface area contributed by atoms with Crippen molar-refractivity contribution >= 4 is 11.9 Å². The molecule has 0 radical (unpaired) electrons. The quantitative estimate of drug-likeness (QED) is 0.376. The minimum atomic E-state index is -1.06. The predicted molar refractivity (Wildman–Crippen MR) is 42.5 cm³/mol. The molecule has 0 saturated heterocycles. The lowest BCUT2D eigenvalue weighted by Gasteiger charge is -2.01. The molecule has 0 aromatic carbocycles. The van der Waals surface area contributed by atoms with Gasteiger partial charge in [0.25, 0.3) is 0 Å². The first-order valence-electron chi connectivity index (χ1n) is 3.66. The van der Waals surface area contributed by atoms with Crippen molar-refractivity contribution in [1.29, 1.82) is 0 Å². The first-order valence-corrected chi connectivity index (χ1v) is 3.66. The fourth-order valence-corrected chi connectivity index (χ4v) is 0.571. The molecule has 0 aliphatic carbocycles. The van der Waals surface area contributed by atoms with Gasteiger partial charge in [-0.2, -0.15) is 0 Å². The molecule has 13 heavy (non-hydrogen) atoms. The van der Waals surface area contributed by atoms with Crippen LogP contribution in [0.15, 0.2) is 12.4 Å². The lowest BCUT2D eigenvalue weighted by molar-refractivity contribution is -0.165. The van der Waals surface area contributed by atoms with E-state index in [2.05, 4.69) is 16.1 Å². The van der Waals surface area contributed by atoms with Crippen LogP contribution >= 0.6 is 0 Å². The number of allylic oxidation sites excluding steroid dienone is 1. The summed E-state index contributed by atoms with van der Waals surface area (Å²) in [4.78, 5) is 21.1. The zero-order chi connectivity index (χ0) is 10.3. The topological polar surface area (TPSA) is 52.6 Å². The number of hydrogen-bond donors (Lipinski definition) is 0. The molecule has 0 rings (SSSR count). The van der Waals surface area contributed by atoms with Crippen LogP contribution in [-0.4, -0.2) is 25.7 Å². The van der Waals surface area contributed by atoms with Crippen LogP contribution in [0.3, 0.4) is 0 Å². The largest absolute Gasteiger partial charge is 0.461 e. The minimum absolute atomic E-state index is 0.0170. The van der Waals surface area contributed by atoms with Crippen LogP contribution in [0.25, 0.3) is 0 Å². The molecule has 0 atom stereocenters. The van der Waals surface area contributed by atoms with E-state index in [1.807, 2.05) is 0 Å². The Bertz CT molecular complexity index is 212. The minimum Gasteiger partial charge on any atom is -0.461 e. The van der Waals surface area contributed by atoms with Crippen molar-refractivity contribution in [3.05, 3.63) is 12.4 Å². The van der Waals surface area contributed by atoms with Gasteiger partial charge in [0, 0.05) is 6.42 Å². The van der Waals surface area contributed by atoms with Gasteiger partial charge >= 0.3 is 11.9 Å². The van der Waals surface area contributed by atoms with Gasteiger partial charge in [-0.05, 0) is 6.42 Å². The normalized spacial score (nSPS) is 9.08. The number of hydrogen-bond acceptors (Lipinski definition) is 4. The maximum Gasteiger partial charge on any atom is 0.417 e. The zero-order valence-electron chi connectivity index (χ0n) is 7.34. The van der Waals surface area contributed by atoms with Crippen molar-refractivity contribution in [2.45, 2.75) is 12.8 Å². The van der Waals surface area contributed by atoms with Crippen LogP contribution in [0.2, 0.25) is 0 Å². The smallest absolute Gasteiger partial charge is 0.417 e. The molecule has 0 unspecified atom stereocenters. The van der Waals surface area contributed by atoms with Gasteiger partial charge in [-0.3, -0.25) is 0 Å². The van der Waals surface area contributed by atoms with E-state index < -0.39 is 17.8 Å². The maximum atomic E-state index is 12.0. The van der Waals surface area contributed by atoms with Gasteiger partial charge in [0.15, 0.2) is 0 Å². The molecular weight excluding hydrogens is 179 g/mol. The first-order chi connectivity index (χ1) is 6.07. The molecule has 0 N–H and O–H groups in total. The molecule has 0 aliphatic rings. The van der Waals surface area contributed by atoms with Gasteiger partial charge in [-0.25, -0.2) is 14.0 Å². The molecule has 0 bridgehead atoms. The van der Waals surface area contributed by atoms with E-state index >= 15 is 0 Å². The summed E-state index contributed by atoms with van der Waals surface area (Å²) >= 11 is 0. The molecule has 0 fully saturated rings. The van der Waals surface area contributed by atoms with Crippen molar-refractivity contribution in [1.82, 2.24) is 0 Å². The number of rotatable bonds is 4. The van der Waals surface area contributed by atoms with Crippen molar-refractivity contribution in [2.24, 2.45) is 0 Å². The molecule has 74 valence electrons. The molecule has 0 aromatic rings. The van der Waals surface area contributed by atoms with Crippen molar-refractivity contribution in [3.63, 3.8) is 0 Å². The van der Waals surface area contributed by atoms with E-state index in [9.17, 15) is 14.0 Å². The average Bonchev–Trinajstić information content (AvgIpc) is 2.10. The van der Waals surface area contributed by atoms with Gasteiger partial charge in [0.2, 0.25) is 0 Å². The Hall–Kier alpha value is -1.39. The Labute approximate surface area is 75.3 Å². The third-order valence-electron chi connectivity index (χ3n) is 1.18. The van der Waals surface area contributed by atoms with Gasteiger partial charge in [0.1, 0.15) is 0 Å². The lowest BCUT2D eigenvalue weighted by Crippen LogP contribution is -2.19. The Balaban J connectivity index is 3.48. The highest BCUT2D eigenvalue weighted by Gasteiger charge is 2.14. The number of carbonyl (C=O) groups excluding carboxylic acids is 2. The van der Waals surface area contributed by atoms with Gasteiger partial charge in [-0.1, -0.05) is 6.58 Å². The standard InChI is InChI=1S/C8H11FO4/c1-6(9)4-3-5-13-8(11)7(10)12-2/h1,3-5H2,2H3. The van der Waals surface area contributed by atoms with Crippen LogP contribution in [-0.2, 0) is 19.1 Å². The van der Waals surface area contributed by atoms with E-state index in [1.165, 1.54) is 0 Å². The summed E-state index contributed by atoms with van der Waals surface area (Å²) in [7, 11) is 1.08. The monoisotopic (exact) mass is 190 g/mol. The van der Waals surface area contributed by atoms with Gasteiger partial charge in [0.05, 0.1) is 19.5 Å². The van der Waals surface area contributed by atoms with Crippen LogP contribution in [0.5, 0.6) is 0 Å². The molecular formula is C8H11FO4. The second kappa shape index (κ2) is 6.16. The number of carbonyl (C=O) groups is 2. The van der Waals surface area contributed by atoms with Crippen LogP contribution in [0.4, 0.5) is 4.39 Å². The summed E-state index contributed by atoms with van der Waals surface area (Å²) in [5, 5.41) is 0. The highest BCUT2D eigenvalue weighted by molar-refractivity contribution is 6.29. The fraction of sp³-hybridized carbons (Fsp3) is 0.500. The Morgan fingerprint density at radius 2 is 2.00 bits per heavy atom. The van der Waals surface area contributed by atoms with Crippen LogP contribution < -0.4 is 0 Å². The fourth-order valence-electron chi connectivity index (χ4n) is 0.571. The number of esters is 2. The summed E-state index contributed by atoms with van der Waals surface area (Å²) in [6.45, 7) is 3.01. The molecule has 0 saturated carbocycles. The van der Waals surface area contributed by atoms with Crippen molar-refractivity contribution < 1.29 is 23.5 Å². The molecule has 0 heterocycles. The average molecular weight is 190 g/mol. The van der Waals surface area contributed by atoms with Gasteiger partial charge in [-0.15, -0.1) is 0 Å². The third kappa shape index (κ3) is 5.84. The second-order valence-electron chi connectivity index (χ2n) is 2.25. The van der Waals surface area contributed by atoms with Gasteiger partial charge < -0.3 is 9.47 Å². The Morgan fingerprint density at radius 1 is 1.38 bits per heavy atom. The van der Waals surface area contributed by atoms with E-state index in [0.29, 0.717) is 6.42 Å². The molecule has 0 amide bonds. The van der Waals surface area contributed by atoms with E-state index in [4.69, 9.17) is 0 Å². The molecule has 4 nitrogen and oxygen atoms in total. The highest BCUT2D eigenvalue weighted by Crippen LogP contribution is 2.02. The number of halogens is 1. The molecule has 5 heteroatoms. The lowest BCUT2D eigenvalue weighted by atomic mass is 10.3. The SMILES string of the molecule is C=C(F)CCCOC(=O)C(=O)OC. The maximum absolute atomic E-state index is 12.0. The second-order valence-corrected chi connectivity index (χ2v) is 2.25. The highest BCUT2D eigenvalue weighted by atomic mass is 19.1. The first kappa shape index (κ1) is 11.6. The summed E-state index contributed by atoms with van der Waals surface area (Å²) < 4.78 is 20.5. The Kier molecular flexibility index (Phi) is 5.50. The predicted octanol–water partition coefficient (Wildman–Crippen LogP) is 0.966.